The number of carboxylic acid groups (broad SMARTS) is 1. The van der Waals surface area contributed by atoms with E-state index in [4.69, 9.17) is 10.8 Å². The highest BCUT2D eigenvalue weighted by molar-refractivity contribution is 7.98. The van der Waals surface area contributed by atoms with E-state index in [0.717, 1.165) is 5.69 Å². The van der Waals surface area contributed by atoms with Crippen LogP contribution in [0, 0.1) is 6.92 Å². The first-order valence-electron chi connectivity index (χ1n) is 5.01. The third-order valence-electron chi connectivity index (χ3n) is 2.30. The summed E-state index contributed by atoms with van der Waals surface area (Å²) in [4.78, 5) is 11.1. The molecule has 2 heterocycles. The van der Waals surface area contributed by atoms with Crippen molar-refractivity contribution in [2.24, 2.45) is 0 Å². The first-order chi connectivity index (χ1) is 8.54. The molecule has 0 saturated carbocycles. The first-order valence-corrected chi connectivity index (χ1v) is 6.23. The van der Waals surface area contributed by atoms with Crippen LogP contribution in [0.3, 0.4) is 0 Å². The van der Waals surface area contributed by atoms with Crippen molar-refractivity contribution in [2.45, 2.75) is 11.9 Å². The molecule has 0 spiro atoms. The van der Waals surface area contributed by atoms with Crippen molar-refractivity contribution >= 4 is 23.5 Å². The van der Waals surface area contributed by atoms with Crippen LogP contribution in [-0.2, 0) is 0 Å². The van der Waals surface area contributed by atoms with E-state index in [9.17, 15) is 4.79 Å². The zero-order chi connectivity index (χ0) is 13.3. The number of carbonyl (C=O) groups is 1. The van der Waals surface area contributed by atoms with Crippen LogP contribution in [0.25, 0.3) is 5.82 Å². The lowest BCUT2D eigenvalue weighted by atomic mass is 10.3. The maximum atomic E-state index is 11.1. The minimum atomic E-state index is -1.11. The maximum absolute atomic E-state index is 11.1. The van der Waals surface area contributed by atoms with E-state index in [2.05, 4.69) is 15.3 Å². The molecule has 2 aromatic heterocycles. The van der Waals surface area contributed by atoms with Crippen LogP contribution in [0.5, 0.6) is 0 Å². The summed E-state index contributed by atoms with van der Waals surface area (Å²) in [5, 5.41) is 21.4. The number of nitrogen functional groups attached to an aromatic ring is 1. The first kappa shape index (κ1) is 12.4. The molecule has 0 unspecified atom stereocenters. The molecule has 0 aliphatic carbocycles. The van der Waals surface area contributed by atoms with Gasteiger partial charge < -0.3 is 10.8 Å². The Bertz CT molecular complexity index is 593. The summed E-state index contributed by atoms with van der Waals surface area (Å²) in [7, 11) is 0. The van der Waals surface area contributed by atoms with Crippen LogP contribution in [0.15, 0.2) is 17.2 Å². The minimum Gasteiger partial charge on any atom is -0.477 e. The second-order valence-corrected chi connectivity index (χ2v) is 4.31. The van der Waals surface area contributed by atoms with Gasteiger partial charge in [0.25, 0.3) is 0 Å². The molecule has 0 saturated heterocycles. The van der Waals surface area contributed by atoms with Gasteiger partial charge in [-0.3, -0.25) is 0 Å². The molecule has 0 bridgehead atoms. The summed E-state index contributed by atoms with van der Waals surface area (Å²) in [6.07, 6.45) is 1.74. The molecule has 18 heavy (non-hydrogen) atoms. The molecule has 0 aliphatic rings. The van der Waals surface area contributed by atoms with E-state index < -0.39 is 5.97 Å². The van der Waals surface area contributed by atoms with Crippen molar-refractivity contribution in [3.63, 3.8) is 0 Å². The van der Waals surface area contributed by atoms with Crippen molar-refractivity contribution in [3.8, 4) is 5.82 Å². The molecule has 0 radical (unpaired) electrons. The largest absolute Gasteiger partial charge is 0.477 e. The molecule has 0 fully saturated rings. The molecule has 0 aromatic carbocycles. The van der Waals surface area contributed by atoms with Gasteiger partial charge in [-0.15, -0.1) is 16.9 Å². The normalized spacial score (nSPS) is 10.6. The summed E-state index contributed by atoms with van der Waals surface area (Å²) in [5.41, 5.74) is 6.54. The van der Waals surface area contributed by atoms with Gasteiger partial charge in [0, 0.05) is 0 Å². The Hall–Kier alpha value is -2.09. The number of anilines is 1. The van der Waals surface area contributed by atoms with Crippen LogP contribution >= 0.6 is 11.8 Å². The number of nitrogens with zero attached hydrogens (tertiary/aromatic N) is 4. The van der Waals surface area contributed by atoms with Gasteiger partial charge in [0.15, 0.2) is 5.82 Å². The van der Waals surface area contributed by atoms with Crippen LogP contribution in [-0.4, -0.2) is 37.3 Å². The molecule has 0 amide bonds. The molecule has 8 heteroatoms. The number of hydrogen-bond acceptors (Lipinski definition) is 6. The highest BCUT2D eigenvalue weighted by Gasteiger charge is 2.22. The van der Waals surface area contributed by atoms with Crippen molar-refractivity contribution in [3.05, 3.63) is 23.4 Å². The number of carboxylic acids is 1. The standard InChI is InChI=1S/C10H11N5O2S/c1-5-3-4-6(13-12-5)15-8(11)7(10(16)17)9(14-15)18-2/h3-4H,11H2,1-2H3,(H,16,17). The predicted molar refractivity (Wildman–Crippen MR) is 67.0 cm³/mol. The number of rotatable bonds is 3. The monoisotopic (exact) mass is 265 g/mol. The highest BCUT2D eigenvalue weighted by Crippen LogP contribution is 2.26. The second-order valence-electron chi connectivity index (χ2n) is 3.52. The van der Waals surface area contributed by atoms with E-state index in [1.54, 1.807) is 25.3 Å². The number of aromatic carboxylic acids is 1. The Balaban J connectivity index is 2.59. The van der Waals surface area contributed by atoms with E-state index in [1.807, 2.05) is 0 Å². The molecule has 7 nitrogen and oxygen atoms in total. The summed E-state index contributed by atoms with van der Waals surface area (Å²) in [6.45, 7) is 1.80. The van der Waals surface area contributed by atoms with Gasteiger partial charge in [0.05, 0.1) is 5.69 Å². The van der Waals surface area contributed by atoms with Crippen LogP contribution < -0.4 is 5.73 Å². The Labute approximate surface area is 107 Å². The molecule has 0 aliphatic heterocycles. The van der Waals surface area contributed by atoms with Gasteiger partial charge in [0.1, 0.15) is 16.4 Å². The van der Waals surface area contributed by atoms with Gasteiger partial charge in [-0.2, -0.15) is 14.9 Å². The highest BCUT2D eigenvalue weighted by atomic mass is 32.2. The van der Waals surface area contributed by atoms with Gasteiger partial charge in [-0.05, 0) is 25.3 Å². The SMILES string of the molecule is CSc1nn(-c2ccc(C)nn2)c(N)c1C(=O)O. The molecule has 0 atom stereocenters. The number of aromatic nitrogens is 4. The third-order valence-corrected chi connectivity index (χ3v) is 2.97. The average molecular weight is 265 g/mol. The lowest BCUT2D eigenvalue weighted by Crippen LogP contribution is -2.07. The second kappa shape index (κ2) is 4.65. The summed E-state index contributed by atoms with van der Waals surface area (Å²) >= 11 is 1.22. The van der Waals surface area contributed by atoms with Crippen molar-refractivity contribution in [1.82, 2.24) is 20.0 Å². The Morgan fingerprint density at radius 1 is 1.44 bits per heavy atom. The molecule has 2 aromatic rings. The van der Waals surface area contributed by atoms with E-state index >= 15 is 0 Å². The zero-order valence-electron chi connectivity index (χ0n) is 9.78. The van der Waals surface area contributed by atoms with Gasteiger partial charge in [-0.25, -0.2) is 4.79 Å². The smallest absolute Gasteiger partial charge is 0.342 e. The Kier molecular flexibility index (Phi) is 3.19. The fourth-order valence-corrected chi connectivity index (χ4v) is 1.99. The molecule has 2 rings (SSSR count). The predicted octanol–water partition coefficient (Wildman–Crippen LogP) is 0.973. The third kappa shape index (κ3) is 2.02. The quantitative estimate of drug-likeness (QED) is 0.796. The number of thioether (sulfide) groups is 1. The van der Waals surface area contributed by atoms with Crippen molar-refractivity contribution in [2.75, 3.05) is 12.0 Å². The number of hydrogen-bond donors (Lipinski definition) is 2. The van der Waals surface area contributed by atoms with Crippen LogP contribution in [0.1, 0.15) is 16.1 Å². The van der Waals surface area contributed by atoms with Gasteiger partial charge >= 0.3 is 5.97 Å². The molecule has 3 N–H and O–H groups in total. The lowest BCUT2D eigenvalue weighted by Gasteiger charge is -2.01. The fraction of sp³-hybridized carbons (Fsp3) is 0.200. The topological polar surface area (TPSA) is 107 Å². The van der Waals surface area contributed by atoms with Gasteiger partial charge in [-0.1, -0.05) is 0 Å². The molecular weight excluding hydrogens is 254 g/mol. The maximum Gasteiger partial charge on any atom is 0.342 e. The van der Waals surface area contributed by atoms with E-state index in [0.29, 0.717) is 10.8 Å². The number of aryl methyl sites for hydroxylation is 1. The van der Waals surface area contributed by atoms with E-state index in [1.165, 1.54) is 16.4 Å². The lowest BCUT2D eigenvalue weighted by molar-refractivity contribution is 0.0694. The van der Waals surface area contributed by atoms with Crippen LogP contribution in [0.4, 0.5) is 5.82 Å². The minimum absolute atomic E-state index is 0.00937. The molecule has 94 valence electrons. The van der Waals surface area contributed by atoms with Crippen molar-refractivity contribution < 1.29 is 9.90 Å². The zero-order valence-corrected chi connectivity index (χ0v) is 10.6. The van der Waals surface area contributed by atoms with Crippen LogP contribution in [0.2, 0.25) is 0 Å². The summed E-state index contributed by atoms with van der Waals surface area (Å²) < 4.78 is 1.28. The van der Waals surface area contributed by atoms with Gasteiger partial charge in [0.2, 0.25) is 0 Å². The summed E-state index contributed by atoms with van der Waals surface area (Å²) in [6, 6.07) is 3.43. The number of nitrogens with two attached hydrogens (primary N) is 1. The summed E-state index contributed by atoms with van der Waals surface area (Å²) in [5.74, 6) is -0.672. The molecular formula is C10H11N5O2S. The fourth-order valence-electron chi connectivity index (χ4n) is 1.43. The average Bonchev–Trinajstić information content (AvgIpc) is 2.67. The Morgan fingerprint density at radius 2 is 2.17 bits per heavy atom. The van der Waals surface area contributed by atoms with E-state index in [-0.39, 0.29) is 11.4 Å². The van der Waals surface area contributed by atoms with Crippen molar-refractivity contribution in [1.29, 1.82) is 0 Å². The Morgan fingerprint density at radius 3 is 2.61 bits per heavy atom.